The number of nitrogens with zero attached hydrogens (tertiary/aromatic N) is 3. The van der Waals surface area contributed by atoms with Crippen LogP contribution in [0.15, 0.2) is 46.8 Å². The van der Waals surface area contributed by atoms with Crippen molar-refractivity contribution in [3.05, 3.63) is 41.8 Å². The third kappa shape index (κ3) is 3.45. The molecule has 2 heterocycles. The molecule has 0 amide bonds. The number of anilines is 1. The highest BCUT2D eigenvalue weighted by Gasteiger charge is 2.26. The Balaban J connectivity index is 1.79. The fourth-order valence-electron chi connectivity index (χ4n) is 3.19. The van der Waals surface area contributed by atoms with Gasteiger partial charge in [0.2, 0.25) is 0 Å². The van der Waals surface area contributed by atoms with E-state index in [1.165, 1.54) is 0 Å². The van der Waals surface area contributed by atoms with Gasteiger partial charge < -0.3 is 10.4 Å². The minimum Gasteiger partial charge on any atom is -0.481 e. The van der Waals surface area contributed by atoms with E-state index in [0.717, 1.165) is 27.6 Å². The number of H-pyrrole nitrogens is 1. The monoisotopic (exact) mass is 339 g/mol. The Hall–Kier alpha value is -2.96. The van der Waals surface area contributed by atoms with Crippen molar-refractivity contribution in [2.75, 3.05) is 12.4 Å². The first kappa shape index (κ1) is 16.9. The molecule has 7 nitrogen and oxygen atoms in total. The molecule has 2 aromatic rings. The van der Waals surface area contributed by atoms with Gasteiger partial charge in [0.05, 0.1) is 23.8 Å². The number of aromatic nitrogens is 3. The van der Waals surface area contributed by atoms with Crippen molar-refractivity contribution in [1.29, 1.82) is 0 Å². The van der Waals surface area contributed by atoms with Crippen LogP contribution in [-0.4, -0.2) is 39.1 Å². The van der Waals surface area contributed by atoms with Crippen LogP contribution in [0.2, 0.25) is 0 Å². The van der Waals surface area contributed by atoms with E-state index in [0.29, 0.717) is 30.9 Å². The van der Waals surface area contributed by atoms with Crippen molar-refractivity contribution in [2.24, 2.45) is 10.9 Å². The number of fused-ring (bicyclic) bond motifs is 1. The number of nitrogens with one attached hydrogen (secondary N) is 2. The van der Waals surface area contributed by atoms with E-state index in [-0.39, 0.29) is 5.92 Å². The Kier molecular flexibility index (Phi) is 4.65. The average molecular weight is 339 g/mol. The highest BCUT2D eigenvalue weighted by atomic mass is 16.4. The van der Waals surface area contributed by atoms with E-state index < -0.39 is 5.97 Å². The van der Waals surface area contributed by atoms with Crippen LogP contribution in [0.3, 0.4) is 0 Å². The number of hydrogen-bond acceptors (Lipinski definition) is 4. The zero-order valence-corrected chi connectivity index (χ0v) is 14.3. The highest BCUT2D eigenvalue weighted by Crippen LogP contribution is 2.33. The minimum absolute atomic E-state index is 0.309. The standard InChI is InChI=1S/C18H21N5O2/c1-10-6-12(18(24)25)4-5-14(10)11(2)17(19-3)22-16-7-13-8-21-23-15(13)9-20-16/h7-9,12H,2,4-6H2,1,3H3,(H,21,23)(H,24,25)(H,19,20,22). The Morgan fingerprint density at radius 2 is 2.28 bits per heavy atom. The van der Waals surface area contributed by atoms with Crippen LogP contribution >= 0.6 is 0 Å². The van der Waals surface area contributed by atoms with E-state index in [9.17, 15) is 9.90 Å². The summed E-state index contributed by atoms with van der Waals surface area (Å²) >= 11 is 0. The molecule has 0 fully saturated rings. The molecule has 3 N–H and O–H groups in total. The van der Waals surface area contributed by atoms with Gasteiger partial charge in [-0.3, -0.25) is 14.9 Å². The van der Waals surface area contributed by atoms with E-state index in [1.54, 1.807) is 19.4 Å². The van der Waals surface area contributed by atoms with Crippen LogP contribution in [0.5, 0.6) is 0 Å². The lowest BCUT2D eigenvalue weighted by Gasteiger charge is -2.25. The average Bonchev–Trinajstić information content (AvgIpc) is 3.06. The van der Waals surface area contributed by atoms with Crippen molar-refractivity contribution in [1.82, 2.24) is 15.2 Å². The second-order valence-corrected chi connectivity index (χ2v) is 6.24. The maximum Gasteiger partial charge on any atom is 0.306 e. The summed E-state index contributed by atoms with van der Waals surface area (Å²) in [5.74, 6) is 0.257. The van der Waals surface area contributed by atoms with Gasteiger partial charge in [-0.05, 0) is 37.8 Å². The number of allylic oxidation sites excluding steroid dienone is 1. The molecule has 0 saturated carbocycles. The van der Waals surface area contributed by atoms with E-state index in [4.69, 9.17) is 0 Å². The first-order valence-electron chi connectivity index (χ1n) is 8.13. The maximum atomic E-state index is 11.2. The number of carboxylic acid groups (broad SMARTS) is 1. The molecule has 3 rings (SSSR count). The lowest BCUT2D eigenvalue weighted by Crippen LogP contribution is -2.22. The second kappa shape index (κ2) is 6.88. The van der Waals surface area contributed by atoms with Crippen molar-refractivity contribution < 1.29 is 9.90 Å². The summed E-state index contributed by atoms with van der Waals surface area (Å²) in [6.45, 7) is 6.14. The van der Waals surface area contributed by atoms with Crippen LogP contribution in [0.4, 0.5) is 5.82 Å². The fraction of sp³-hybridized carbons (Fsp3) is 0.333. The number of aliphatic imine (C=N–C) groups is 1. The summed E-state index contributed by atoms with van der Waals surface area (Å²) < 4.78 is 0. The molecule has 0 radical (unpaired) electrons. The van der Waals surface area contributed by atoms with Crippen molar-refractivity contribution in [3.8, 4) is 0 Å². The first-order valence-corrected chi connectivity index (χ1v) is 8.13. The molecule has 130 valence electrons. The molecular formula is C18H21N5O2. The van der Waals surface area contributed by atoms with E-state index in [2.05, 4.69) is 32.1 Å². The number of carboxylic acids is 1. The summed E-state index contributed by atoms with van der Waals surface area (Å²) in [4.78, 5) is 19.9. The minimum atomic E-state index is -0.732. The predicted molar refractivity (Wildman–Crippen MR) is 97.7 cm³/mol. The van der Waals surface area contributed by atoms with E-state index >= 15 is 0 Å². The molecule has 2 aromatic heterocycles. The van der Waals surface area contributed by atoms with Gasteiger partial charge in [-0.2, -0.15) is 5.10 Å². The molecule has 1 aliphatic rings. The largest absolute Gasteiger partial charge is 0.481 e. The molecule has 0 spiro atoms. The van der Waals surface area contributed by atoms with Gasteiger partial charge in [0.15, 0.2) is 0 Å². The van der Waals surface area contributed by atoms with Gasteiger partial charge >= 0.3 is 5.97 Å². The Morgan fingerprint density at radius 1 is 1.48 bits per heavy atom. The van der Waals surface area contributed by atoms with Gasteiger partial charge in [0, 0.05) is 18.0 Å². The predicted octanol–water partition coefficient (Wildman–Crippen LogP) is 3.16. The van der Waals surface area contributed by atoms with Crippen molar-refractivity contribution >= 4 is 28.5 Å². The smallest absolute Gasteiger partial charge is 0.306 e. The Bertz CT molecular complexity index is 894. The zero-order valence-electron chi connectivity index (χ0n) is 14.3. The van der Waals surface area contributed by atoms with Gasteiger partial charge in [-0.25, -0.2) is 4.98 Å². The van der Waals surface area contributed by atoms with E-state index in [1.807, 2.05) is 13.0 Å². The van der Waals surface area contributed by atoms with Crippen molar-refractivity contribution in [2.45, 2.75) is 26.2 Å². The number of aliphatic carboxylic acids is 1. The van der Waals surface area contributed by atoms with Crippen LogP contribution < -0.4 is 5.32 Å². The molecule has 1 atom stereocenters. The molecular weight excluding hydrogens is 318 g/mol. The third-order valence-electron chi connectivity index (χ3n) is 4.60. The van der Waals surface area contributed by atoms with Crippen molar-refractivity contribution in [3.63, 3.8) is 0 Å². The maximum absolute atomic E-state index is 11.2. The summed E-state index contributed by atoms with van der Waals surface area (Å²) in [5.41, 5.74) is 3.79. The summed E-state index contributed by atoms with van der Waals surface area (Å²) in [6.07, 6.45) is 5.32. The molecule has 7 heteroatoms. The summed E-state index contributed by atoms with van der Waals surface area (Å²) in [6, 6.07) is 1.89. The first-order chi connectivity index (χ1) is 12.0. The number of carbonyl (C=O) groups is 1. The molecule has 1 aliphatic carbocycles. The normalized spacial score (nSPS) is 18.5. The SMILES string of the molecule is C=C(C(=NC)Nc1cc2cn[nH]c2cn1)C1=C(C)CC(C(=O)O)CC1. The quantitative estimate of drug-likeness (QED) is 0.586. The number of aromatic amines is 1. The van der Waals surface area contributed by atoms with Crippen LogP contribution in [0, 0.1) is 5.92 Å². The van der Waals surface area contributed by atoms with Crippen LogP contribution in [-0.2, 0) is 4.79 Å². The lowest BCUT2D eigenvalue weighted by atomic mass is 9.81. The number of pyridine rings is 1. The Labute approximate surface area is 145 Å². The Morgan fingerprint density at radius 3 is 2.96 bits per heavy atom. The molecule has 0 bridgehead atoms. The van der Waals surface area contributed by atoms with Gasteiger partial charge in [0.25, 0.3) is 0 Å². The van der Waals surface area contributed by atoms with Gasteiger partial charge in [-0.1, -0.05) is 12.2 Å². The molecule has 0 aliphatic heterocycles. The lowest BCUT2D eigenvalue weighted by molar-refractivity contribution is -0.142. The summed E-state index contributed by atoms with van der Waals surface area (Å²) in [7, 11) is 1.70. The fourth-order valence-corrected chi connectivity index (χ4v) is 3.19. The number of hydrogen-bond donors (Lipinski definition) is 3. The summed E-state index contributed by atoms with van der Waals surface area (Å²) in [5, 5.41) is 20.2. The number of amidine groups is 1. The topological polar surface area (TPSA) is 103 Å². The molecule has 25 heavy (non-hydrogen) atoms. The molecule has 0 aromatic carbocycles. The third-order valence-corrected chi connectivity index (χ3v) is 4.60. The highest BCUT2D eigenvalue weighted by molar-refractivity contribution is 6.10. The second-order valence-electron chi connectivity index (χ2n) is 6.24. The van der Waals surface area contributed by atoms with Crippen LogP contribution in [0.25, 0.3) is 10.9 Å². The van der Waals surface area contributed by atoms with Gasteiger partial charge in [0.1, 0.15) is 11.7 Å². The molecule has 1 unspecified atom stereocenters. The van der Waals surface area contributed by atoms with Gasteiger partial charge in [-0.15, -0.1) is 0 Å². The zero-order chi connectivity index (χ0) is 18.0. The molecule has 0 saturated heterocycles. The number of rotatable bonds is 4. The van der Waals surface area contributed by atoms with Crippen LogP contribution in [0.1, 0.15) is 26.2 Å².